The average Bonchev–Trinajstić information content (AvgIpc) is 2.97. The minimum atomic E-state index is -1.64. The van der Waals surface area contributed by atoms with Crippen LogP contribution in [-0.2, 0) is 0 Å². The molecule has 2 atom stereocenters. The van der Waals surface area contributed by atoms with Crippen LogP contribution in [0.4, 0.5) is 17.6 Å². The van der Waals surface area contributed by atoms with Crippen molar-refractivity contribution in [1.29, 1.82) is 0 Å². The molecular weight excluding hydrogens is 276 g/mol. The molecule has 0 radical (unpaired) electrons. The molecule has 2 saturated heterocycles. The monoisotopic (exact) mass is 288 g/mol. The number of amides is 1. The fraction of sp³-hybridized carbons (Fsp3) is 0.462. The third-order valence-corrected chi connectivity index (χ3v) is 4.00. The summed E-state index contributed by atoms with van der Waals surface area (Å²) in [5.41, 5.74) is -1.14. The summed E-state index contributed by atoms with van der Waals surface area (Å²) in [6.07, 6.45) is 0. The van der Waals surface area contributed by atoms with E-state index >= 15 is 0 Å². The summed E-state index contributed by atoms with van der Waals surface area (Å²) in [6, 6.07) is 0.101. The van der Waals surface area contributed by atoms with Crippen LogP contribution in [-0.4, -0.2) is 37.0 Å². The summed E-state index contributed by atoms with van der Waals surface area (Å²) < 4.78 is 53.5. The number of halogens is 4. The van der Waals surface area contributed by atoms with Crippen molar-refractivity contribution in [2.24, 2.45) is 11.8 Å². The Morgan fingerprint density at radius 2 is 1.55 bits per heavy atom. The fourth-order valence-electron chi connectivity index (χ4n) is 2.94. The molecule has 7 heteroatoms. The van der Waals surface area contributed by atoms with Crippen molar-refractivity contribution < 1.29 is 22.4 Å². The number of rotatable bonds is 1. The predicted molar refractivity (Wildman–Crippen MR) is 62.0 cm³/mol. The third-order valence-electron chi connectivity index (χ3n) is 4.00. The van der Waals surface area contributed by atoms with E-state index in [1.807, 2.05) is 0 Å². The van der Waals surface area contributed by atoms with Crippen LogP contribution >= 0.6 is 0 Å². The van der Waals surface area contributed by atoms with Gasteiger partial charge in [0, 0.05) is 32.2 Å². The summed E-state index contributed by atoms with van der Waals surface area (Å²) in [5.74, 6) is -6.94. The van der Waals surface area contributed by atoms with Crippen LogP contribution in [0.2, 0.25) is 0 Å². The molecule has 108 valence electrons. The lowest BCUT2D eigenvalue weighted by Crippen LogP contribution is -2.33. The largest absolute Gasteiger partial charge is 0.338 e. The Hall–Kier alpha value is -1.63. The minimum Gasteiger partial charge on any atom is -0.338 e. The molecule has 2 fully saturated rings. The maximum absolute atomic E-state index is 13.6. The first-order valence-electron chi connectivity index (χ1n) is 6.32. The van der Waals surface area contributed by atoms with E-state index in [0.29, 0.717) is 13.1 Å². The SMILES string of the molecule is O=C(c1c(F)c(F)cc(F)c1F)N1C[C@H]2CNC[C@H]2C1. The lowest BCUT2D eigenvalue weighted by atomic mass is 10.0. The van der Waals surface area contributed by atoms with Crippen molar-refractivity contribution in [3.8, 4) is 0 Å². The van der Waals surface area contributed by atoms with Crippen molar-refractivity contribution in [1.82, 2.24) is 10.2 Å². The summed E-state index contributed by atoms with van der Waals surface area (Å²) in [5, 5.41) is 3.16. The molecule has 1 aromatic rings. The molecular formula is C13H12F4N2O. The van der Waals surface area contributed by atoms with Crippen LogP contribution < -0.4 is 5.32 Å². The second kappa shape index (κ2) is 4.73. The van der Waals surface area contributed by atoms with E-state index in [1.54, 1.807) is 0 Å². The standard InChI is InChI=1S/C13H12F4N2O/c14-8-1-9(15)12(17)10(11(8)16)13(20)19-4-6-2-18-3-7(6)5-19/h1,6-7,18H,2-5H2/t6-,7+. The zero-order valence-corrected chi connectivity index (χ0v) is 10.4. The second-order valence-corrected chi connectivity index (χ2v) is 5.23. The van der Waals surface area contributed by atoms with Gasteiger partial charge in [0.2, 0.25) is 0 Å². The highest BCUT2D eigenvalue weighted by Gasteiger charge is 2.40. The molecule has 2 aliphatic heterocycles. The number of hydrogen-bond donors (Lipinski definition) is 1. The predicted octanol–water partition coefficient (Wildman–Crippen LogP) is 1.53. The van der Waals surface area contributed by atoms with E-state index in [-0.39, 0.29) is 17.9 Å². The number of nitrogens with one attached hydrogen (secondary N) is 1. The van der Waals surface area contributed by atoms with E-state index in [0.717, 1.165) is 13.1 Å². The van der Waals surface area contributed by atoms with Crippen molar-refractivity contribution in [3.05, 3.63) is 34.9 Å². The average molecular weight is 288 g/mol. The first-order valence-corrected chi connectivity index (χ1v) is 6.32. The van der Waals surface area contributed by atoms with Crippen molar-refractivity contribution in [3.63, 3.8) is 0 Å². The molecule has 0 aliphatic carbocycles. The van der Waals surface area contributed by atoms with Gasteiger partial charge in [0.1, 0.15) is 5.56 Å². The second-order valence-electron chi connectivity index (χ2n) is 5.23. The van der Waals surface area contributed by atoms with Gasteiger partial charge in [0.15, 0.2) is 23.3 Å². The van der Waals surface area contributed by atoms with Crippen LogP contribution in [0.1, 0.15) is 10.4 Å². The van der Waals surface area contributed by atoms with E-state index in [9.17, 15) is 22.4 Å². The zero-order valence-electron chi connectivity index (χ0n) is 10.4. The molecule has 0 saturated carbocycles. The van der Waals surface area contributed by atoms with Crippen LogP contribution in [0.5, 0.6) is 0 Å². The highest BCUT2D eigenvalue weighted by molar-refractivity contribution is 5.95. The third kappa shape index (κ3) is 1.96. The number of carbonyl (C=O) groups is 1. The number of carbonyl (C=O) groups excluding carboxylic acids is 1. The van der Waals surface area contributed by atoms with Gasteiger partial charge in [-0.3, -0.25) is 4.79 Å². The van der Waals surface area contributed by atoms with Gasteiger partial charge in [0.25, 0.3) is 5.91 Å². The molecule has 3 nitrogen and oxygen atoms in total. The van der Waals surface area contributed by atoms with E-state index < -0.39 is 34.7 Å². The molecule has 0 aromatic heterocycles. The zero-order chi connectivity index (χ0) is 14.4. The van der Waals surface area contributed by atoms with Crippen LogP contribution in [0.15, 0.2) is 6.07 Å². The number of fused-ring (bicyclic) bond motifs is 1. The van der Waals surface area contributed by atoms with Crippen LogP contribution in [0.3, 0.4) is 0 Å². The van der Waals surface area contributed by atoms with E-state index in [4.69, 9.17) is 0 Å². The fourth-order valence-corrected chi connectivity index (χ4v) is 2.94. The van der Waals surface area contributed by atoms with Gasteiger partial charge in [-0.05, 0) is 11.8 Å². The van der Waals surface area contributed by atoms with Crippen molar-refractivity contribution in [2.45, 2.75) is 0 Å². The van der Waals surface area contributed by atoms with Crippen LogP contribution in [0.25, 0.3) is 0 Å². The molecule has 3 rings (SSSR count). The Bertz CT molecular complexity index is 540. The first kappa shape index (κ1) is 13.4. The molecule has 0 unspecified atom stereocenters. The van der Waals surface area contributed by atoms with Gasteiger partial charge in [-0.2, -0.15) is 0 Å². The minimum absolute atomic E-state index is 0.101. The topological polar surface area (TPSA) is 32.3 Å². The summed E-state index contributed by atoms with van der Waals surface area (Å²) in [6.45, 7) is 2.15. The summed E-state index contributed by atoms with van der Waals surface area (Å²) in [7, 11) is 0. The van der Waals surface area contributed by atoms with Crippen molar-refractivity contribution >= 4 is 5.91 Å². The van der Waals surface area contributed by atoms with Gasteiger partial charge >= 0.3 is 0 Å². The summed E-state index contributed by atoms with van der Waals surface area (Å²) >= 11 is 0. The molecule has 1 aromatic carbocycles. The normalized spacial score (nSPS) is 25.1. The Morgan fingerprint density at radius 1 is 1.05 bits per heavy atom. The molecule has 1 amide bonds. The number of benzene rings is 1. The molecule has 0 spiro atoms. The van der Waals surface area contributed by atoms with Gasteiger partial charge < -0.3 is 10.2 Å². The molecule has 1 N–H and O–H groups in total. The quantitative estimate of drug-likeness (QED) is 0.628. The Kier molecular flexibility index (Phi) is 3.16. The van der Waals surface area contributed by atoms with Gasteiger partial charge in [-0.15, -0.1) is 0 Å². The molecule has 2 aliphatic rings. The van der Waals surface area contributed by atoms with Gasteiger partial charge in [-0.1, -0.05) is 0 Å². The highest BCUT2D eigenvalue weighted by atomic mass is 19.2. The number of likely N-dealkylation sites (tertiary alicyclic amines) is 1. The van der Waals surface area contributed by atoms with Crippen LogP contribution in [0, 0.1) is 35.1 Å². The first-order chi connectivity index (χ1) is 9.49. The van der Waals surface area contributed by atoms with Gasteiger partial charge in [-0.25, -0.2) is 17.6 Å². The smallest absolute Gasteiger partial charge is 0.260 e. The number of nitrogens with zero attached hydrogens (tertiary/aromatic N) is 1. The van der Waals surface area contributed by atoms with E-state index in [1.165, 1.54) is 4.90 Å². The maximum atomic E-state index is 13.6. The molecule has 0 bridgehead atoms. The Balaban J connectivity index is 1.92. The lowest BCUT2D eigenvalue weighted by molar-refractivity contribution is 0.0769. The maximum Gasteiger partial charge on any atom is 0.260 e. The van der Waals surface area contributed by atoms with Gasteiger partial charge in [0.05, 0.1) is 0 Å². The Labute approximate surface area is 112 Å². The molecule has 20 heavy (non-hydrogen) atoms. The number of hydrogen-bond acceptors (Lipinski definition) is 2. The highest BCUT2D eigenvalue weighted by Crippen LogP contribution is 2.29. The molecule has 2 heterocycles. The van der Waals surface area contributed by atoms with E-state index in [2.05, 4.69) is 5.32 Å². The summed E-state index contributed by atoms with van der Waals surface area (Å²) in [4.78, 5) is 13.4. The lowest BCUT2D eigenvalue weighted by Gasteiger charge is -2.18. The Morgan fingerprint density at radius 3 is 2.05 bits per heavy atom. The van der Waals surface area contributed by atoms with Crippen molar-refractivity contribution in [2.75, 3.05) is 26.2 Å².